The van der Waals surface area contributed by atoms with Crippen LogP contribution in [-0.4, -0.2) is 16.7 Å². The number of aryl methyl sites for hydroxylation is 6. The molecule has 154 valence electrons. The van der Waals surface area contributed by atoms with Crippen LogP contribution in [-0.2, 0) is 0 Å². The van der Waals surface area contributed by atoms with Crippen molar-refractivity contribution < 1.29 is 0 Å². The maximum Gasteiger partial charge on any atom is 0.244 e. The second-order valence-corrected chi connectivity index (χ2v) is 8.75. The standard InChI is InChI=1S/C28H29BN2/c1-18-13-20(3)27(21(4)14-18)29(28-22(5)15-19(2)16-23(28)6)24-10-11-26(31-17-24)25-9-7-8-12-30-25/h7-17H,1-6H3. The van der Waals surface area contributed by atoms with Crippen molar-refractivity contribution in [2.24, 2.45) is 0 Å². The molecule has 2 heterocycles. The van der Waals surface area contributed by atoms with Gasteiger partial charge in [0, 0.05) is 12.4 Å². The predicted octanol–water partition coefficient (Wildman–Crippen LogP) is 4.51. The lowest BCUT2D eigenvalue weighted by Crippen LogP contribution is -2.56. The zero-order valence-electron chi connectivity index (χ0n) is 19.3. The summed E-state index contributed by atoms with van der Waals surface area (Å²) < 4.78 is 0. The molecule has 2 aromatic carbocycles. The average Bonchev–Trinajstić information content (AvgIpc) is 2.72. The van der Waals surface area contributed by atoms with E-state index in [9.17, 15) is 0 Å². The summed E-state index contributed by atoms with van der Waals surface area (Å²) in [5, 5.41) is 0. The monoisotopic (exact) mass is 404 g/mol. The number of hydrogen-bond acceptors (Lipinski definition) is 2. The van der Waals surface area contributed by atoms with Crippen LogP contribution in [0.15, 0.2) is 67.0 Å². The molecule has 0 unspecified atom stereocenters. The molecule has 0 aliphatic heterocycles. The molecule has 4 aromatic rings. The third kappa shape index (κ3) is 4.18. The zero-order valence-corrected chi connectivity index (χ0v) is 19.3. The van der Waals surface area contributed by atoms with Gasteiger partial charge in [0.15, 0.2) is 0 Å². The summed E-state index contributed by atoms with van der Waals surface area (Å²) in [5.74, 6) is 0. The Balaban J connectivity index is 1.92. The molecular formula is C28H29BN2. The smallest absolute Gasteiger partial charge is 0.244 e. The molecule has 2 aromatic heterocycles. The summed E-state index contributed by atoms with van der Waals surface area (Å²) in [7, 11) is 0. The van der Waals surface area contributed by atoms with Crippen LogP contribution in [0.2, 0.25) is 0 Å². The molecule has 0 amide bonds. The molecule has 31 heavy (non-hydrogen) atoms. The maximum atomic E-state index is 4.81. The van der Waals surface area contributed by atoms with Crippen LogP contribution < -0.4 is 16.4 Å². The fraction of sp³-hybridized carbons (Fsp3) is 0.214. The molecule has 2 nitrogen and oxygen atoms in total. The van der Waals surface area contributed by atoms with Crippen LogP contribution in [0.1, 0.15) is 33.4 Å². The van der Waals surface area contributed by atoms with E-state index in [2.05, 4.69) is 82.9 Å². The lowest BCUT2D eigenvalue weighted by Gasteiger charge is -2.24. The Morgan fingerprint density at radius 1 is 0.581 bits per heavy atom. The number of pyridine rings is 2. The highest BCUT2D eigenvalue weighted by molar-refractivity contribution is 6.96. The zero-order chi connectivity index (χ0) is 22.1. The van der Waals surface area contributed by atoms with Crippen molar-refractivity contribution in [1.82, 2.24) is 9.97 Å². The van der Waals surface area contributed by atoms with Crippen molar-refractivity contribution in [3.05, 3.63) is 100 Å². The Bertz CT molecular complexity index is 1120. The Morgan fingerprint density at radius 2 is 1.10 bits per heavy atom. The number of benzene rings is 2. The van der Waals surface area contributed by atoms with Gasteiger partial charge in [0.1, 0.15) is 0 Å². The van der Waals surface area contributed by atoms with Gasteiger partial charge in [-0.2, -0.15) is 0 Å². The molecular weight excluding hydrogens is 375 g/mol. The second-order valence-electron chi connectivity index (χ2n) is 8.75. The van der Waals surface area contributed by atoms with Gasteiger partial charge in [-0.1, -0.05) is 86.2 Å². The van der Waals surface area contributed by atoms with E-state index in [0.29, 0.717) is 0 Å². The van der Waals surface area contributed by atoms with E-state index < -0.39 is 0 Å². The normalized spacial score (nSPS) is 10.9. The number of aromatic nitrogens is 2. The SMILES string of the molecule is Cc1cc(C)c(B(c2ccc(-c3ccccn3)nc2)c2c(C)cc(C)cc2C)c(C)c1. The van der Waals surface area contributed by atoms with Gasteiger partial charge < -0.3 is 0 Å². The van der Waals surface area contributed by atoms with E-state index in [1.807, 2.05) is 30.6 Å². The van der Waals surface area contributed by atoms with Crippen molar-refractivity contribution in [2.75, 3.05) is 0 Å². The Kier molecular flexibility index (Phi) is 5.78. The van der Waals surface area contributed by atoms with Crippen molar-refractivity contribution in [2.45, 2.75) is 41.5 Å². The van der Waals surface area contributed by atoms with Crippen LogP contribution in [0.5, 0.6) is 0 Å². The quantitative estimate of drug-likeness (QED) is 0.468. The average molecular weight is 404 g/mol. The van der Waals surface area contributed by atoms with Crippen LogP contribution in [0.3, 0.4) is 0 Å². The van der Waals surface area contributed by atoms with Crippen LogP contribution in [0, 0.1) is 41.5 Å². The largest absolute Gasteiger partial charge is 0.255 e. The predicted molar refractivity (Wildman–Crippen MR) is 133 cm³/mol. The summed E-state index contributed by atoms with van der Waals surface area (Å²) in [4.78, 5) is 9.27. The molecule has 0 aliphatic rings. The minimum atomic E-state index is 0.145. The summed E-state index contributed by atoms with van der Waals surface area (Å²) in [6, 6.07) is 19.4. The molecule has 0 saturated heterocycles. The lowest BCUT2D eigenvalue weighted by atomic mass is 9.34. The molecule has 0 atom stereocenters. The van der Waals surface area contributed by atoms with E-state index in [1.54, 1.807) is 0 Å². The first-order valence-electron chi connectivity index (χ1n) is 10.9. The van der Waals surface area contributed by atoms with Gasteiger partial charge in [-0.15, -0.1) is 0 Å². The summed E-state index contributed by atoms with van der Waals surface area (Å²) in [5.41, 5.74) is 13.7. The Morgan fingerprint density at radius 3 is 1.52 bits per heavy atom. The molecule has 0 N–H and O–H groups in total. The van der Waals surface area contributed by atoms with Gasteiger partial charge in [0.05, 0.1) is 11.4 Å². The van der Waals surface area contributed by atoms with Crippen molar-refractivity contribution >= 4 is 23.1 Å². The molecule has 0 aliphatic carbocycles. The highest BCUT2D eigenvalue weighted by atomic mass is 14.8. The molecule has 0 saturated carbocycles. The van der Waals surface area contributed by atoms with E-state index in [4.69, 9.17) is 4.98 Å². The fourth-order valence-corrected chi connectivity index (χ4v) is 5.01. The van der Waals surface area contributed by atoms with E-state index in [0.717, 1.165) is 11.4 Å². The minimum Gasteiger partial charge on any atom is -0.255 e. The molecule has 4 rings (SSSR count). The molecule has 0 radical (unpaired) electrons. The van der Waals surface area contributed by atoms with Gasteiger partial charge in [0.25, 0.3) is 0 Å². The number of hydrogen-bond donors (Lipinski definition) is 0. The second kappa shape index (κ2) is 8.51. The van der Waals surface area contributed by atoms with Crippen LogP contribution >= 0.6 is 0 Å². The van der Waals surface area contributed by atoms with Gasteiger partial charge in [-0.25, -0.2) is 0 Å². The van der Waals surface area contributed by atoms with Gasteiger partial charge >= 0.3 is 0 Å². The highest BCUT2D eigenvalue weighted by Crippen LogP contribution is 2.15. The van der Waals surface area contributed by atoms with Gasteiger partial charge in [-0.3, -0.25) is 9.97 Å². The first-order chi connectivity index (χ1) is 14.8. The third-order valence-corrected chi connectivity index (χ3v) is 6.10. The Hall–Kier alpha value is -3.20. The van der Waals surface area contributed by atoms with E-state index >= 15 is 0 Å². The molecule has 3 heteroatoms. The fourth-order valence-electron chi connectivity index (χ4n) is 5.01. The van der Waals surface area contributed by atoms with E-state index in [-0.39, 0.29) is 6.71 Å². The van der Waals surface area contributed by atoms with Crippen molar-refractivity contribution in [3.63, 3.8) is 0 Å². The summed E-state index contributed by atoms with van der Waals surface area (Å²) >= 11 is 0. The summed E-state index contributed by atoms with van der Waals surface area (Å²) in [6.07, 6.45) is 3.85. The molecule has 0 bridgehead atoms. The van der Waals surface area contributed by atoms with Crippen LogP contribution in [0.25, 0.3) is 11.4 Å². The lowest BCUT2D eigenvalue weighted by molar-refractivity contribution is 1.25. The first-order valence-corrected chi connectivity index (χ1v) is 10.9. The highest BCUT2D eigenvalue weighted by Gasteiger charge is 2.28. The molecule has 0 spiro atoms. The topological polar surface area (TPSA) is 25.8 Å². The van der Waals surface area contributed by atoms with Crippen LogP contribution in [0.4, 0.5) is 0 Å². The van der Waals surface area contributed by atoms with Crippen molar-refractivity contribution in [1.29, 1.82) is 0 Å². The van der Waals surface area contributed by atoms with Crippen molar-refractivity contribution in [3.8, 4) is 11.4 Å². The Labute approximate surface area is 186 Å². The third-order valence-electron chi connectivity index (χ3n) is 6.10. The van der Waals surface area contributed by atoms with Gasteiger partial charge in [-0.05, 0) is 59.7 Å². The first kappa shape index (κ1) is 21.1. The maximum absolute atomic E-state index is 4.81. The number of nitrogens with zero attached hydrogens (tertiary/aromatic N) is 2. The van der Waals surface area contributed by atoms with E-state index in [1.165, 1.54) is 49.8 Å². The summed E-state index contributed by atoms with van der Waals surface area (Å²) in [6.45, 7) is 13.4. The van der Waals surface area contributed by atoms with Gasteiger partial charge in [0.2, 0.25) is 6.71 Å². The number of rotatable bonds is 4. The minimum absolute atomic E-state index is 0.145. The molecule has 0 fully saturated rings.